The number of fused-ring (bicyclic) bond motifs is 4. The summed E-state index contributed by atoms with van der Waals surface area (Å²) in [5.41, 5.74) is 11.5. The van der Waals surface area contributed by atoms with Gasteiger partial charge in [-0.1, -0.05) is 54.5 Å². The van der Waals surface area contributed by atoms with Crippen LogP contribution in [0.5, 0.6) is 0 Å². The van der Waals surface area contributed by atoms with E-state index in [1.165, 1.54) is 28.6 Å². The van der Waals surface area contributed by atoms with E-state index in [1.807, 2.05) is 24.3 Å². The minimum atomic E-state index is -0.520. The predicted molar refractivity (Wildman–Crippen MR) is 116 cm³/mol. The van der Waals surface area contributed by atoms with E-state index in [4.69, 9.17) is 10.5 Å². The fraction of sp³-hybridized carbons (Fsp3) is 0.130. The maximum atomic E-state index is 12.2. The minimum Gasteiger partial charge on any atom is -0.449 e. The fourth-order valence-corrected chi connectivity index (χ4v) is 3.87. The Kier molecular flexibility index (Phi) is 4.69. The van der Waals surface area contributed by atoms with Crippen LogP contribution in [-0.4, -0.2) is 39.4 Å². The summed E-state index contributed by atoms with van der Waals surface area (Å²) < 4.78 is 5.49. The van der Waals surface area contributed by atoms with E-state index in [9.17, 15) is 4.79 Å². The number of nitrogens with one attached hydrogen (secondary N) is 2. The molecule has 1 aliphatic rings. The third-order valence-corrected chi connectivity index (χ3v) is 5.26. The van der Waals surface area contributed by atoms with E-state index in [0.717, 1.165) is 0 Å². The lowest BCUT2D eigenvalue weighted by Gasteiger charge is -2.14. The number of aromatic nitrogens is 4. The van der Waals surface area contributed by atoms with Gasteiger partial charge in [-0.3, -0.25) is 5.10 Å². The van der Waals surface area contributed by atoms with Gasteiger partial charge < -0.3 is 15.8 Å². The topological polar surface area (TPSA) is 119 Å². The number of nitrogens with two attached hydrogens (primary N) is 1. The standard InChI is InChI=1S/C23H18N6O2/c24-21-20-19(28-29-22(20)27-13-26-21)10-5-11-25-23(30)31-12-18-16-8-3-1-6-14(16)15-7-2-4-9-17(15)18/h1-4,6-9,13,18H,11-12H2,(H,25,30)(H3,24,26,27,28,29). The first-order chi connectivity index (χ1) is 15.2. The fourth-order valence-electron chi connectivity index (χ4n) is 3.87. The van der Waals surface area contributed by atoms with Crippen molar-refractivity contribution >= 4 is 22.9 Å². The summed E-state index contributed by atoms with van der Waals surface area (Å²) in [6.07, 6.45) is 0.822. The van der Waals surface area contributed by atoms with Gasteiger partial charge in [0, 0.05) is 5.92 Å². The smallest absolute Gasteiger partial charge is 0.407 e. The monoisotopic (exact) mass is 410 g/mol. The maximum absolute atomic E-state index is 12.2. The van der Waals surface area contributed by atoms with Gasteiger partial charge in [0.25, 0.3) is 0 Å². The molecule has 0 bridgehead atoms. The molecule has 2 aromatic heterocycles. The van der Waals surface area contributed by atoms with Gasteiger partial charge in [-0.15, -0.1) is 0 Å². The number of nitrogens with zero attached hydrogens (tertiary/aromatic N) is 3. The SMILES string of the molecule is Nc1ncnc2n[nH]c(C#CCNC(=O)OCC3c4ccccc4-c4ccccc43)c12. The highest BCUT2D eigenvalue weighted by Crippen LogP contribution is 2.44. The van der Waals surface area contributed by atoms with Crippen LogP contribution in [-0.2, 0) is 4.74 Å². The Morgan fingerprint density at radius 3 is 2.55 bits per heavy atom. The van der Waals surface area contributed by atoms with Crippen LogP contribution in [0.25, 0.3) is 22.2 Å². The van der Waals surface area contributed by atoms with Gasteiger partial charge in [-0.25, -0.2) is 14.8 Å². The molecule has 8 nitrogen and oxygen atoms in total. The predicted octanol–water partition coefficient (Wildman–Crippen LogP) is 2.83. The van der Waals surface area contributed by atoms with Crippen LogP contribution in [0, 0.1) is 11.8 Å². The molecule has 4 N–H and O–H groups in total. The summed E-state index contributed by atoms with van der Waals surface area (Å²) in [6, 6.07) is 16.4. The lowest BCUT2D eigenvalue weighted by atomic mass is 9.98. The number of H-pyrrole nitrogens is 1. The molecular weight excluding hydrogens is 392 g/mol. The number of alkyl carbamates (subject to hydrolysis) is 1. The molecule has 0 spiro atoms. The van der Waals surface area contributed by atoms with Crippen LogP contribution in [0.4, 0.5) is 10.6 Å². The molecule has 0 atom stereocenters. The van der Waals surface area contributed by atoms with Gasteiger partial charge >= 0.3 is 6.09 Å². The van der Waals surface area contributed by atoms with Crippen molar-refractivity contribution in [3.8, 4) is 23.0 Å². The van der Waals surface area contributed by atoms with Gasteiger partial charge in [-0.2, -0.15) is 5.10 Å². The van der Waals surface area contributed by atoms with E-state index in [0.29, 0.717) is 22.5 Å². The summed E-state index contributed by atoms with van der Waals surface area (Å²) in [5.74, 6) is 6.06. The molecule has 0 aliphatic heterocycles. The number of anilines is 1. The van der Waals surface area contributed by atoms with Crippen LogP contribution < -0.4 is 11.1 Å². The zero-order valence-corrected chi connectivity index (χ0v) is 16.4. The van der Waals surface area contributed by atoms with Crippen molar-refractivity contribution < 1.29 is 9.53 Å². The Labute approximate surface area is 177 Å². The minimum absolute atomic E-state index is 0.0172. The number of ether oxygens (including phenoxy) is 1. The van der Waals surface area contributed by atoms with Crippen LogP contribution >= 0.6 is 0 Å². The second-order valence-electron chi connectivity index (χ2n) is 7.04. The zero-order valence-electron chi connectivity index (χ0n) is 16.4. The van der Waals surface area contributed by atoms with E-state index >= 15 is 0 Å². The quantitative estimate of drug-likeness (QED) is 0.447. The lowest BCUT2D eigenvalue weighted by Crippen LogP contribution is -2.26. The average Bonchev–Trinajstić information content (AvgIpc) is 3.35. The summed E-state index contributed by atoms with van der Waals surface area (Å²) in [5, 5.41) is 10.0. The molecule has 0 fully saturated rings. The Balaban J connectivity index is 1.21. The van der Waals surface area contributed by atoms with E-state index < -0.39 is 6.09 Å². The molecular formula is C23H18N6O2. The van der Waals surface area contributed by atoms with Crippen molar-refractivity contribution in [2.45, 2.75) is 5.92 Å². The number of carbonyl (C=O) groups is 1. The molecule has 0 saturated carbocycles. The zero-order chi connectivity index (χ0) is 21.2. The van der Waals surface area contributed by atoms with Crippen molar-refractivity contribution in [1.82, 2.24) is 25.5 Å². The van der Waals surface area contributed by atoms with Gasteiger partial charge in [0.2, 0.25) is 0 Å². The van der Waals surface area contributed by atoms with Crippen LogP contribution in [0.15, 0.2) is 54.9 Å². The van der Waals surface area contributed by atoms with E-state index in [1.54, 1.807) is 0 Å². The molecule has 1 aliphatic carbocycles. The van der Waals surface area contributed by atoms with E-state index in [-0.39, 0.29) is 19.1 Å². The van der Waals surface area contributed by atoms with E-state index in [2.05, 4.69) is 61.6 Å². The summed E-state index contributed by atoms with van der Waals surface area (Å²) in [6.45, 7) is 0.372. The molecule has 8 heteroatoms. The lowest BCUT2D eigenvalue weighted by molar-refractivity contribution is 0.144. The summed E-state index contributed by atoms with van der Waals surface area (Å²) in [4.78, 5) is 20.2. The Hall–Kier alpha value is -4.38. The molecule has 0 saturated heterocycles. The first kappa shape index (κ1) is 18.6. The van der Waals surface area contributed by atoms with Crippen molar-refractivity contribution in [3.05, 3.63) is 71.7 Å². The number of amides is 1. The van der Waals surface area contributed by atoms with Crippen molar-refractivity contribution in [2.24, 2.45) is 0 Å². The molecule has 1 amide bonds. The third-order valence-electron chi connectivity index (χ3n) is 5.26. The van der Waals surface area contributed by atoms with Gasteiger partial charge in [0.05, 0.1) is 11.9 Å². The van der Waals surface area contributed by atoms with Crippen LogP contribution in [0.3, 0.4) is 0 Å². The Morgan fingerprint density at radius 1 is 1.10 bits per heavy atom. The van der Waals surface area contributed by atoms with Crippen LogP contribution in [0.1, 0.15) is 22.7 Å². The highest BCUT2D eigenvalue weighted by molar-refractivity contribution is 5.89. The maximum Gasteiger partial charge on any atom is 0.407 e. The number of hydrogen-bond donors (Lipinski definition) is 3. The second-order valence-corrected chi connectivity index (χ2v) is 7.04. The van der Waals surface area contributed by atoms with Crippen molar-refractivity contribution in [2.75, 3.05) is 18.9 Å². The van der Waals surface area contributed by atoms with Crippen LogP contribution in [0.2, 0.25) is 0 Å². The molecule has 4 aromatic rings. The summed E-state index contributed by atoms with van der Waals surface area (Å²) in [7, 11) is 0. The van der Waals surface area contributed by atoms with Crippen molar-refractivity contribution in [1.29, 1.82) is 0 Å². The molecule has 5 rings (SSSR count). The molecule has 0 unspecified atom stereocenters. The Bertz CT molecular complexity index is 1310. The van der Waals surface area contributed by atoms with Gasteiger partial charge in [0.15, 0.2) is 5.65 Å². The molecule has 0 radical (unpaired) electrons. The number of aromatic amines is 1. The summed E-state index contributed by atoms with van der Waals surface area (Å²) >= 11 is 0. The number of rotatable bonds is 3. The average molecular weight is 410 g/mol. The molecule has 2 heterocycles. The van der Waals surface area contributed by atoms with Crippen molar-refractivity contribution in [3.63, 3.8) is 0 Å². The van der Waals surface area contributed by atoms with Gasteiger partial charge in [-0.05, 0) is 28.2 Å². The Morgan fingerprint density at radius 2 is 1.81 bits per heavy atom. The molecule has 2 aromatic carbocycles. The highest BCUT2D eigenvalue weighted by atomic mass is 16.5. The number of benzene rings is 2. The number of nitrogen functional groups attached to an aromatic ring is 1. The molecule has 152 valence electrons. The first-order valence-electron chi connectivity index (χ1n) is 9.74. The third kappa shape index (κ3) is 3.42. The highest BCUT2D eigenvalue weighted by Gasteiger charge is 2.28. The largest absolute Gasteiger partial charge is 0.449 e. The number of carbonyl (C=O) groups excluding carboxylic acids is 1. The van der Waals surface area contributed by atoms with Gasteiger partial charge in [0.1, 0.15) is 24.4 Å². The second kappa shape index (κ2) is 7.80. The number of hydrogen-bond acceptors (Lipinski definition) is 6. The molecule has 31 heavy (non-hydrogen) atoms. The normalized spacial score (nSPS) is 12.0. The first-order valence-corrected chi connectivity index (χ1v) is 9.74.